The molecule has 0 aliphatic carbocycles. The van der Waals surface area contributed by atoms with Gasteiger partial charge in [-0.1, -0.05) is 25.4 Å². The van der Waals surface area contributed by atoms with Crippen LogP contribution in [-0.4, -0.2) is 69.0 Å². The number of amidine groups is 1. The number of hydrogen-bond acceptors (Lipinski definition) is 8. The number of carbonyl (C=O) groups is 2. The number of rotatable bonds is 15. The molecule has 1 unspecified atom stereocenters. The Morgan fingerprint density at radius 2 is 1.83 bits per heavy atom. The molecule has 0 saturated heterocycles. The summed E-state index contributed by atoms with van der Waals surface area (Å²) in [6.07, 6.45) is 4.79. The van der Waals surface area contributed by atoms with Gasteiger partial charge in [-0.25, -0.2) is 9.98 Å². The molecular weight excluding hydrogens is 638 g/mol. The smallest absolute Gasteiger partial charge is 0.274 e. The molecule has 0 fully saturated rings. The van der Waals surface area contributed by atoms with E-state index < -0.39 is 6.23 Å². The van der Waals surface area contributed by atoms with Gasteiger partial charge in [0.1, 0.15) is 17.2 Å². The number of amides is 2. The van der Waals surface area contributed by atoms with E-state index in [0.29, 0.717) is 63.3 Å². The van der Waals surface area contributed by atoms with Gasteiger partial charge in [0.15, 0.2) is 11.4 Å². The van der Waals surface area contributed by atoms with E-state index in [2.05, 4.69) is 44.7 Å². The molecule has 0 radical (unpaired) electrons. The van der Waals surface area contributed by atoms with Gasteiger partial charge in [0.25, 0.3) is 11.8 Å². The fourth-order valence-electron chi connectivity index (χ4n) is 4.84. The van der Waals surface area contributed by atoms with Crippen molar-refractivity contribution in [3.63, 3.8) is 0 Å². The van der Waals surface area contributed by atoms with Gasteiger partial charge in [-0.3, -0.25) is 14.9 Å². The van der Waals surface area contributed by atoms with Crippen LogP contribution in [0.2, 0.25) is 5.02 Å². The Kier molecular flexibility index (Phi) is 12.2. The molecule has 0 aliphatic rings. The number of nitrogens with one attached hydrogen (secondary N) is 3. The highest BCUT2D eigenvalue weighted by molar-refractivity contribution is 7.16. The Labute approximate surface area is 284 Å². The second-order valence-electron chi connectivity index (χ2n) is 12.1. The van der Waals surface area contributed by atoms with Crippen LogP contribution in [-0.2, 0) is 20.5 Å². The van der Waals surface area contributed by atoms with E-state index in [9.17, 15) is 14.7 Å². The van der Waals surface area contributed by atoms with E-state index in [1.807, 2.05) is 14.1 Å². The van der Waals surface area contributed by atoms with E-state index in [1.54, 1.807) is 72.0 Å². The molecule has 252 valence electrons. The summed E-state index contributed by atoms with van der Waals surface area (Å²) in [5.41, 5.74) is 9.26. The van der Waals surface area contributed by atoms with Gasteiger partial charge in [-0.05, 0) is 82.2 Å². The summed E-state index contributed by atoms with van der Waals surface area (Å²) in [6, 6.07) is 10.4. The van der Waals surface area contributed by atoms with Crippen LogP contribution in [0.15, 0.2) is 53.8 Å². The zero-order chi connectivity index (χ0) is 34.2. The molecule has 6 N–H and O–H groups in total. The fourth-order valence-corrected chi connectivity index (χ4v) is 5.93. The third-order valence-electron chi connectivity index (χ3n) is 7.39. The molecule has 1 aromatic carbocycles. The van der Waals surface area contributed by atoms with E-state index in [4.69, 9.17) is 17.3 Å². The SMILES string of the molecule is CC(C)CCc1sc(NC(=O)c2cc(NC(O)c3cc(N=C(N)c4ccc(Cl)cc4)cn3C)cn2C)nc1C(=O)NCCCN(C)C. The number of anilines is 2. The molecule has 47 heavy (non-hydrogen) atoms. The minimum Gasteiger partial charge on any atom is -0.383 e. The number of nitrogens with two attached hydrogens (primary N) is 1. The lowest BCUT2D eigenvalue weighted by molar-refractivity contribution is 0.0945. The van der Waals surface area contributed by atoms with Crippen LogP contribution in [0.4, 0.5) is 16.5 Å². The maximum atomic E-state index is 13.3. The Morgan fingerprint density at radius 3 is 2.51 bits per heavy atom. The summed E-state index contributed by atoms with van der Waals surface area (Å²) in [5, 5.41) is 20.8. The molecule has 4 rings (SSSR count). The zero-order valence-corrected chi connectivity index (χ0v) is 29.2. The standard InChI is InChI=1S/C33H44ClN9O3S/c1-20(2)8-13-27-28(32(46)36-14-7-15-41(3)4)39-33(47-27)40-31(45)26-17-24(19-43(26)6)38-30(44)25-16-23(18-42(25)5)37-29(35)21-9-11-22(34)12-10-21/h9-12,16-20,30,38,44H,7-8,13-15H2,1-6H3,(H2,35,37)(H,36,46)(H,39,40,45). The third-order valence-corrected chi connectivity index (χ3v) is 8.67. The Bertz CT molecular complexity index is 1710. The Balaban J connectivity index is 1.43. The Hall–Kier alpha value is -4.17. The first kappa shape index (κ1) is 35.7. The van der Waals surface area contributed by atoms with Gasteiger partial charge in [0.2, 0.25) is 0 Å². The van der Waals surface area contributed by atoms with Gasteiger partial charge >= 0.3 is 0 Å². The molecule has 12 nitrogen and oxygen atoms in total. The second kappa shape index (κ2) is 16.1. The number of aliphatic hydroxyl groups is 1. The zero-order valence-electron chi connectivity index (χ0n) is 27.7. The normalized spacial score (nSPS) is 12.5. The molecular formula is C33H44ClN9O3S. The molecule has 2 amide bonds. The summed E-state index contributed by atoms with van der Waals surface area (Å²) in [5.74, 6) is 0.157. The maximum Gasteiger partial charge on any atom is 0.274 e. The number of halogens is 1. The van der Waals surface area contributed by atoms with Crippen LogP contribution in [0.3, 0.4) is 0 Å². The molecule has 3 heterocycles. The first-order valence-corrected chi connectivity index (χ1v) is 16.6. The van der Waals surface area contributed by atoms with Crippen molar-refractivity contribution < 1.29 is 14.7 Å². The highest BCUT2D eigenvalue weighted by Crippen LogP contribution is 2.28. The molecule has 1 atom stereocenters. The number of nitrogens with zero attached hydrogens (tertiary/aromatic N) is 5. The number of hydrogen-bond donors (Lipinski definition) is 5. The number of carbonyl (C=O) groups excluding carboxylic acids is 2. The van der Waals surface area contributed by atoms with Gasteiger partial charge < -0.3 is 35.5 Å². The number of aliphatic imine (C=N–C) groups is 1. The van der Waals surface area contributed by atoms with Crippen LogP contribution >= 0.6 is 22.9 Å². The van der Waals surface area contributed by atoms with Crippen LogP contribution in [0, 0.1) is 5.92 Å². The number of thiazole rings is 1. The van der Waals surface area contributed by atoms with Crippen LogP contribution < -0.4 is 21.7 Å². The monoisotopic (exact) mass is 681 g/mol. The van der Waals surface area contributed by atoms with E-state index in [-0.39, 0.29) is 11.8 Å². The van der Waals surface area contributed by atoms with Crippen molar-refractivity contribution in [2.75, 3.05) is 37.8 Å². The predicted octanol–water partition coefficient (Wildman–Crippen LogP) is 5.14. The third kappa shape index (κ3) is 9.91. The summed E-state index contributed by atoms with van der Waals surface area (Å²) in [7, 11) is 7.52. The quantitative estimate of drug-likeness (QED) is 0.0504. The average Bonchev–Trinajstić information content (AvgIpc) is 3.70. The van der Waals surface area contributed by atoms with E-state index in [1.165, 1.54) is 11.3 Å². The first-order chi connectivity index (χ1) is 22.3. The second-order valence-corrected chi connectivity index (χ2v) is 13.6. The number of aliphatic hydroxyl groups excluding tert-OH is 1. The predicted molar refractivity (Wildman–Crippen MR) is 190 cm³/mol. The van der Waals surface area contributed by atoms with Gasteiger partial charge in [-0.2, -0.15) is 0 Å². The number of aryl methyl sites for hydroxylation is 3. The van der Waals surface area contributed by atoms with Crippen molar-refractivity contribution >= 4 is 57.1 Å². The number of benzene rings is 1. The molecule has 0 saturated carbocycles. The van der Waals surface area contributed by atoms with E-state index >= 15 is 0 Å². The Morgan fingerprint density at radius 1 is 1.11 bits per heavy atom. The topological polar surface area (TPSA) is 155 Å². The van der Waals surface area contributed by atoms with Gasteiger partial charge in [0, 0.05) is 48.5 Å². The lowest BCUT2D eigenvalue weighted by Crippen LogP contribution is -2.28. The molecule has 14 heteroatoms. The average molecular weight is 682 g/mol. The molecule has 0 spiro atoms. The minimum atomic E-state index is -1.10. The fraction of sp³-hybridized carbons (Fsp3) is 0.394. The van der Waals surface area contributed by atoms with Crippen molar-refractivity contribution in [1.29, 1.82) is 0 Å². The van der Waals surface area contributed by atoms with Gasteiger partial charge in [0.05, 0.1) is 17.1 Å². The molecule has 0 bridgehead atoms. The largest absolute Gasteiger partial charge is 0.383 e. The summed E-state index contributed by atoms with van der Waals surface area (Å²) >= 11 is 7.29. The molecule has 3 aromatic heterocycles. The highest BCUT2D eigenvalue weighted by Gasteiger charge is 2.22. The van der Waals surface area contributed by atoms with Crippen LogP contribution in [0.5, 0.6) is 0 Å². The lowest BCUT2D eigenvalue weighted by atomic mass is 10.1. The van der Waals surface area contributed by atoms with Crippen molar-refractivity contribution in [3.8, 4) is 0 Å². The van der Waals surface area contributed by atoms with E-state index in [0.717, 1.165) is 29.8 Å². The first-order valence-electron chi connectivity index (χ1n) is 15.4. The van der Waals surface area contributed by atoms with Crippen LogP contribution in [0.1, 0.15) is 70.0 Å². The van der Waals surface area contributed by atoms with Crippen molar-refractivity contribution in [2.24, 2.45) is 30.7 Å². The van der Waals surface area contributed by atoms with Crippen LogP contribution in [0.25, 0.3) is 0 Å². The molecule has 0 aliphatic heterocycles. The lowest BCUT2D eigenvalue weighted by Gasteiger charge is -2.13. The molecule has 4 aromatic rings. The number of aromatic nitrogens is 3. The van der Waals surface area contributed by atoms with Crippen molar-refractivity contribution in [1.82, 2.24) is 24.3 Å². The van der Waals surface area contributed by atoms with Crippen molar-refractivity contribution in [2.45, 2.75) is 39.3 Å². The maximum absolute atomic E-state index is 13.3. The highest BCUT2D eigenvalue weighted by atomic mass is 35.5. The van der Waals surface area contributed by atoms with Crippen molar-refractivity contribution in [3.05, 3.63) is 81.3 Å². The summed E-state index contributed by atoms with van der Waals surface area (Å²) < 4.78 is 3.40. The van der Waals surface area contributed by atoms with Gasteiger partial charge in [-0.15, -0.1) is 11.3 Å². The summed E-state index contributed by atoms with van der Waals surface area (Å²) in [6.45, 7) is 5.67. The minimum absolute atomic E-state index is 0.235. The summed E-state index contributed by atoms with van der Waals surface area (Å²) in [4.78, 5) is 38.2.